The fraction of sp³-hybridized carbons (Fsp3) is 0.320. The van der Waals surface area contributed by atoms with Crippen molar-refractivity contribution in [3.8, 4) is 0 Å². The SMILES string of the molecule is CC(C)(C)OC(=O)N1CC=C(c2ccc(NC(=O)NCc3ccn4ccnc4c3)c(F)c2)CC1. The molecule has 0 radical (unpaired) electrons. The molecule has 1 aliphatic heterocycles. The maximum absolute atomic E-state index is 14.7. The number of imidazole rings is 1. The van der Waals surface area contributed by atoms with Crippen molar-refractivity contribution in [2.45, 2.75) is 39.3 Å². The van der Waals surface area contributed by atoms with Crippen molar-refractivity contribution in [3.63, 3.8) is 0 Å². The highest BCUT2D eigenvalue weighted by molar-refractivity contribution is 5.89. The lowest BCUT2D eigenvalue weighted by Crippen LogP contribution is -2.39. The molecule has 4 rings (SSSR count). The maximum atomic E-state index is 14.7. The van der Waals surface area contributed by atoms with Crippen LogP contribution in [0, 0.1) is 5.82 Å². The second-order valence-electron chi connectivity index (χ2n) is 9.14. The summed E-state index contributed by atoms with van der Waals surface area (Å²) >= 11 is 0. The van der Waals surface area contributed by atoms with Crippen LogP contribution in [0.4, 0.5) is 19.7 Å². The Bertz CT molecular complexity index is 1240. The molecule has 3 amide bonds. The van der Waals surface area contributed by atoms with Crippen LogP contribution in [0.5, 0.6) is 0 Å². The lowest BCUT2D eigenvalue weighted by Gasteiger charge is -2.29. The standard InChI is InChI=1S/C25H28FN5O3/c1-25(2,3)34-24(33)31-11-7-18(8-12-31)19-4-5-21(20(26)15-19)29-23(32)28-16-17-6-10-30-13-9-27-22(30)14-17/h4-7,9-10,13-15H,8,11-12,16H2,1-3H3,(H2,28,29,32). The van der Waals surface area contributed by atoms with Crippen molar-refractivity contribution < 1.29 is 18.7 Å². The molecule has 1 aromatic carbocycles. The predicted octanol–water partition coefficient (Wildman–Crippen LogP) is 4.82. The molecule has 178 valence electrons. The van der Waals surface area contributed by atoms with Gasteiger partial charge in [0.25, 0.3) is 0 Å². The van der Waals surface area contributed by atoms with Crippen molar-refractivity contribution in [1.29, 1.82) is 0 Å². The van der Waals surface area contributed by atoms with Gasteiger partial charge in [0.1, 0.15) is 17.1 Å². The average molecular weight is 466 g/mol. The molecule has 0 fully saturated rings. The first-order chi connectivity index (χ1) is 16.2. The summed E-state index contributed by atoms with van der Waals surface area (Å²) in [5, 5.41) is 5.28. The molecular formula is C25H28FN5O3. The molecule has 1 aliphatic rings. The second-order valence-corrected chi connectivity index (χ2v) is 9.14. The molecule has 0 unspecified atom stereocenters. The van der Waals surface area contributed by atoms with Crippen LogP contribution in [0.15, 0.2) is 55.0 Å². The van der Waals surface area contributed by atoms with Gasteiger partial charge in [-0.2, -0.15) is 0 Å². The Kier molecular flexibility index (Phi) is 6.54. The van der Waals surface area contributed by atoms with E-state index < -0.39 is 17.4 Å². The van der Waals surface area contributed by atoms with E-state index in [1.165, 1.54) is 6.07 Å². The molecule has 0 atom stereocenters. The number of carbonyl (C=O) groups excluding carboxylic acids is 2. The second kappa shape index (κ2) is 9.54. The van der Waals surface area contributed by atoms with Crippen LogP contribution < -0.4 is 10.6 Å². The number of ether oxygens (including phenoxy) is 1. The maximum Gasteiger partial charge on any atom is 0.410 e. The fourth-order valence-electron chi connectivity index (χ4n) is 3.65. The quantitative estimate of drug-likeness (QED) is 0.578. The summed E-state index contributed by atoms with van der Waals surface area (Å²) in [5.41, 5.74) is 2.88. The van der Waals surface area contributed by atoms with Crippen molar-refractivity contribution in [2.24, 2.45) is 0 Å². The lowest BCUT2D eigenvalue weighted by atomic mass is 9.99. The first-order valence-corrected chi connectivity index (χ1v) is 11.1. The number of nitrogens with one attached hydrogen (secondary N) is 2. The van der Waals surface area contributed by atoms with E-state index in [-0.39, 0.29) is 18.3 Å². The van der Waals surface area contributed by atoms with Gasteiger partial charge in [-0.15, -0.1) is 0 Å². The number of amides is 3. The first kappa shape index (κ1) is 23.3. The molecule has 0 saturated heterocycles. The zero-order valence-corrected chi connectivity index (χ0v) is 19.5. The number of benzene rings is 1. The first-order valence-electron chi connectivity index (χ1n) is 11.1. The molecule has 9 heteroatoms. The average Bonchev–Trinajstić information content (AvgIpc) is 3.26. The van der Waals surface area contributed by atoms with E-state index in [1.807, 2.05) is 55.8 Å². The molecule has 3 heterocycles. The highest BCUT2D eigenvalue weighted by atomic mass is 19.1. The summed E-state index contributed by atoms with van der Waals surface area (Å²) in [6.07, 6.45) is 7.54. The Balaban J connectivity index is 1.32. The van der Waals surface area contributed by atoms with Crippen LogP contribution >= 0.6 is 0 Å². The summed E-state index contributed by atoms with van der Waals surface area (Å²) in [7, 11) is 0. The van der Waals surface area contributed by atoms with E-state index in [2.05, 4.69) is 15.6 Å². The van der Waals surface area contributed by atoms with E-state index in [0.29, 0.717) is 19.5 Å². The van der Waals surface area contributed by atoms with Gasteiger partial charge in [-0.05, 0) is 68.2 Å². The molecule has 34 heavy (non-hydrogen) atoms. The number of nitrogens with zero attached hydrogens (tertiary/aromatic N) is 3. The van der Waals surface area contributed by atoms with Crippen molar-refractivity contribution in [3.05, 3.63) is 71.9 Å². The minimum atomic E-state index is -0.549. The smallest absolute Gasteiger partial charge is 0.410 e. The van der Waals surface area contributed by atoms with Gasteiger partial charge in [0.2, 0.25) is 0 Å². The van der Waals surface area contributed by atoms with Gasteiger partial charge in [0.05, 0.1) is 5.69 Å². The number of anilines is 1. The van der Waals surface area contributed by atoms with E-state index >= 15 is 0 Å². The fourth-order valence-corrected chi connectivity index (χ4v) is 3.65. The summed E-state index contributed by atoms with van der Waals surface area (Å²) in [4.78, 5) is 30.3. The molecule has 2 N–H and O–H groups in total. The normalized spacial score (nSPS) is 14.0. The zero-order chi connectivity index (χ0) is 24.3. The van der Waals surface area contributed by atoms with Gasteiger partial charge in [0, 0.05) is 38.2 Å². The zero-order valence-electron chi connectivity index (χ0n) is 19.5. The van der Waals surface area contributed by atoms with Gasteiger partial charge in [0.15, 0.2) is 0 Å². The molecule has 3 aromatic rings. The number of carbonyl (C=O) groups is 2. The minimum Gasteiger partial charge on any atom is -0.444 e. The number of hydrogen-bond acceptors (Lipinski definition) is 4. The lowest BCUT2D eigenvalue weighted by molar-refractivity contribution is 0.0270. The van der Waals surface area contributed by atoms with E-state index in [4.69, 9.17) is 4.74 Å². The number of aromatic nitrogens is 2. The molecule has 8 nitrogen and oxygen atoms in total. The van der Waals surface area contributed by atoms with Gasteiger partial charge >= 0.3 is 12.1 Å². The van der Waals surface area contributed by atoms with Gasteiger partial charge < -0.3 is 24.7 Å². The van der Waals surface area contributed by atoms with E-state index in [9.17, 15) is 14.0 Å². The van der Waals surface area contributed by atoms with Gasteiger partial charge in [-0.1, -0.05) is 12.1 Å². The van der Waals surface area contributed by atoms with Crippen molar-refractivity contribution in [2.75, 3.05) is 18.4 Å². The molecule has 0 aliphatic carbocycles. The van der Waals surface area contributed by atoms with Crippen LogP contribution in [0.1, 0.15) is 38.3 Å². The Labute approximate surface area is 197 Å². The number of urea groups is 1. The Morgan fingerprint density at radius 2 is 2.00 bits per heavy atom. The Hall–Kier alpha value is -3.88. The van der Waals surface area contributed by atoms with Crippen LogP contribution in [0.2, 0.25) is 0 Å². The Morgan fingerprint density at radius 3 is 2.71 bits per heavy atom. The van der Waals surface area contributed by atoms with Crippen LogP contribution in [-0.2, 0) is 11.3 Å². The molecule has 0 spiro atoms. The topological polar surface area (TPSA) is 88.0 Å². The number of rotatable bonds is 4. The van der Waals surface area contributed by atoms with E-state index in [0.717, 1.165) is 22.3 Å². The number of hydrogen-bond donors (Lipinski definition) is 2. The number of fused-ring (bicyclic) bond motifs is 1. The van der Waals surface area contributed by atoms with Gasteiger partial charge in [-0.3, -0.25) is 0 Å². The minimum absolute atomic E-state index is 0.0942. The number of halogens is 1. The van der Waals surface area contributed by atoms with Crippen LogP contribution in [0.25, 0.3) is 11.2 Å². The Morgan fingerprint density at radius 1 is 1.18 bits per heavy atom. The summed E-state index contributed by atoms with van der Waals surface area (Å²) in [6, 6.07) is 7.96. The van der Waals surface area contributed by atoms with E-state index in [1.54, 1.807) is 23.2 Å². The van der Waals surface area contributed by atoms with Crippen LogP contribution in [-0.4, -0.2) is 45.1 Å². The van der Waals surface area contributed by atoms with Crippen molar-refractivity contribution in [1.82, 2.24) is 19.6 Å². The third kappa shape index (κ3) is 5.72. The van der Waals surface area contributed by atoms with Gasteiger partial charge in [-0.25, -0.2) is 19.0 Å². The monoisotopic (exact) mass is 465 g/mol. The molecule has 0 bridgehead atoms. The highest BCUT2D eigenvalue weighted by Gasteiger charge is 2.24. The van der Waals surface area contributed by atoms with Crippen LogP contribution in [0.3, 0.4) is 0 Å². The summed E-state index contributed by atoms with van der Waals surface area (Å²) < 4.78 is 22.0. The highest BCUT2D eigenvalue weighted by Crippen LogP contribution is 2.26. The predicted molar refractivity (Wildman–Crippen MR) is 128 cm³/mol. The molecule has 2 aromatic heterocycles. The number of pyridine rings is 1. The van der Waals surface area contributed by atoms with Crippen molar-refractivity contribution >= 4 is 29.0 Å². The summed E-state index contributed by atoms with van der Waals surface area (Å²) in [5.74, 6) is -0.526. The summed E-state index contributed by atoms with van der Waals surface area (Å²) in [6.45, 7) is 6.67. The largest absolute Gasteiger partial charge is 0.444 e. The third-order valence-corrected chi connectivity index (χ3v) is 5.36. The third-order valence-electron chi connectivity index (χ3n) is 5.36. The molecular weight excluding hydrogens is 437 g/mol. The molecule has 0 saturated carbocycles.